The van der Waals surface area contributed by atoms with Crippen molar-refractivity contribution < 1.29 is 0 Å². The number of anilines is 12. The van der Waals surface area contributed by atoms with E-state index in [1.807, 2.05) is 24.8 Å². The van der Waals surface area contributed by atoms with E-state index in [1.165, 1.54) is 330 Å². The second kappa shape index (κ2) is 28.5. The van der Waals surface area contributed by atoms with Crippen molar-refractivity contribution in [3.05, 3.63) is 519 Å². The highest BCUT2D eigenvalue weighted by molar-refractivity contribution is 6.03. The Kier molecular flexibility index (Phi) is 15.6. The number of aromatic nitrogens is 4. The van der Waals surface area contributed by atoms with Crippen LogP contribution in [0, 0.1) is 0 Å². The van der Waals surface area contributed by atoms with E-state index in [1.54, 1.807) is 0 Å². The van der Waals surface area contributed by atoms with Crippen LogP contribution >= 0.6 is 0 Å². The summed E-state index contributed by atoms with van der Waals surface area (Å²) in [5, 5.41) is 0. The molecule has 8 aliphatic carbocycles. The standard InChI is InChI=1S/4C33H22N2/c1-3-9-23-19(6-1)15-27-25(23)11-12-31-29(27)18-30-28-16-20-7-2-4-10-24(20)26(28)17-22-14-21-8-5-13-34-33(21)35(31)32(22)30;1-3-8-22-19(6-1)14-26-24(22)11-12-31-28(26)18-29-27-15-20-7-2-4-9-23(20)25(27)16-21-17-30-32(10-5-13-34-30)35(31)33(21)29;1-3-7-23-19(5-1)14-27-25(23)9-10-32-29(27)17-30-28-15-20-6-2-4-8-24(20)26(28)16-21-13-22-18-34-12-11-31(22)35(32)33(21)30;1-3-7-23-19(5-1)14-27-25(23)9-10-31-29(27)17-30-28-15-20-6-2-4-8-24(20)26(28)16-22-13-21-11-12-34-18-32(21)35(31)33(22)30/h1-13,17H,14-16,18H2;1-13,16H,14-15,17-18H2;2*1-12,16,18H,13-15,17H2. The Balaban J connectivity index is 0.0000000829. The van der Waals surface area contributed by atoms with Gasteiger partial charge in [-0.05, 0) is 392 Å². The van der Waals surface area contributed by atoms with Crippen LogP contribution in [0.3, 0.4) is 0 Å². The van der Waals surface area contributed by atoms with Crippen molar-refractivity contribution in [3.8, 4) is 89.0 Å². The molecule has 16 aromatic carbocycles. The number of rotatable bonds is 0. The Bertz CT molecular complexity index is 8090. The largest absolute Gasteiger partial charge is 0.309 e. The molecule has 0 radical (unpaired) electrons. The van der Waals surface area contributed by atoms with Crippen LogP contribution in [-0.2, 0) is 103 Å². The zero-order chi connectivity index (χ0) is 90.7. The second-order valence-corrected chi connectivity index (χ2v) is 41.3. The van der Waals surface area contributed by atoms with Gasteiger partial charge < -0.3 is 14.7 Å². The average Bonchev–Trinajstić information content (AvgIpc) is 1.46. The third-order valence-electron chi connectivity index (χ3n) is 34.6. The minimum Gasteiger partial charge on any atom is -0.309 e. The first-order valence-corrected chi connectivity index (χ1v) is 50.3. The topological polar surface area (TPSA) is 64.5 Å². The monoisotopic (exact) mass is 1780 g/mol. The third-order valence-corrected chi connectivity index (χ3v) is 34.6. The molecule has 0 bridgehead atoms. The molecule has 0 saturated carbocycles. The van der Waals surface area contributed by atoms with Crippen molar-refractivity contribution in [2.24, 2.45) is 0 Å². The van der Waals surface area contributed by atoms with Crippen LogP contribution < -0.4 is 19.6 Å². The van der Waals surface area contributed by atoms with Crippen molar-refractivity contribution in [2.75, 3.05) is 19.6 Å². The molecule has 8 heteroatoms. The maximum atomic E-state index is 4.94. The number of fused-ring (bicyclic) bond motifs is 48. The third kappa shape index (κ3) is 10.6. The molecule has 0 N–H and O–H groups in total. The number of hydrogen-bond donors (Lipinski definition) is 0. The predicted molar refractivity (Wildman–Crippen MR) is 564 cm³/mol. The molecule has 36 rings (SSSR count). The molecule has 12 heterocycles. The van der Waals surface area contributed by atoms with Gasteiger partial charge in [0.05, 0.1) is 74.5 Å². The van der Waals surface area contributed by atoms with Gasteiger partial charge in [0.1, 0.15) is 5.82 Å². The Hall–Kier alpha value is -16.7. The Morgan fingerprint density at radius 3 is 0.843 bits per heavy atom. The van der Waals surface area contributed by atoms with Gasteiger partial charge in [-0.25, -0.2) is 4.98 Å². The summed E-state index contributed by atoms with van der Waals surface area (Å²) in [7, 11) is 0. The lowest BCUT2D eigenvalue weighted by Gasteiger charge is -2.41. The average molecular weight is 1790 g/mol. The zero-order valence-corrected chi connectivity index (χ0v) is 77.2. The summed E-state index contributed by atoms with van der Waals surface area (Å²) in [5.41, 5.74) is 84.3. The van der Waals surface area contributed by atoms with Crippen LogP contribution in [0.1, 0.15) is 178 Å². The van der Waals surface area contributed by atoms with Crippen LogP contribution in [0.15, 0.2) is 340 Å². The molecule has 16 aliphatic rings. The molecular weight excluding hydrogens is 1700 g/mol. The van der Waals surface area contributed by atoms with Crippen LogP contribution in [0.2, 0.25) is 0 Å². The molecule has 0 unspecified atom stereocenters. The minimum absolute atomic E-state index is 0.899. The first kappa shape index (κ1) is 76.5. The highest BCUT2D eigenvalue weighted by Gasteiger charge is 2.46. The van der Waals surface area contributed by atoms with Crippen molar-refractivity contribution in [2.45, 2.75) is 103 Å². The van der Waals surface area contributed by atoms with Crippen molar-refractivity contribution in [1.82, 2.24) is 19.9 Å². The van der Waals surface area contributed by atoms with Gasteiger partial charge in [-0.15, -0.1) is 0 Å². The summed E-state index contributed by atoms with van der Waals surface area (Å²) in [6.45, 7) is 0. The first-order valence-electron chi connectivity index (χ1n) is 50.3. The lowest BCUT2D eigenvalue weighted by atomic mass is 9.81. The summed E-state index contributed by atoms with van der Waals surface area (Å²) in [6.07, 6.45) is 28.0. The van der Waals surface area contributed by atoms with E-state index in [2.05, 4.69) is 345 Å². The Morgan fingerprint density at radius 1 is 0.150 bits per heavy atom. The summed E-state index contributed by atoms with van der Waals surface area (Å²) in [6, 6.07) is 114. The number of benzene rings is 16. The maximum absolute atomic E-state index is 4.94. The van der Waals surface area contributed by atoms with Gasteiger partial charge in [0.15, 0.2) is 0 Å². The lowest BCUT2D eigenvalue weighted by molar-refractivity contribution is 0.953. The highest BCUT2D eigenvalue weighted by atomic mass is 15.2. The fourth-order valence-electron chi connectivity index (χ4n) is 28.7. The van der Waals surface area contributed by atoms with Crippen LogP contribution in [-0.4, -0.2) is 19.9 Å². The van der Waals surface area contributed by atoms with Crippen LogP contribution in [0.5, 0.6) is 0 Å². The molecular formula is C132H88N8. The first-order chi connectivity index (χ1) is 69.4. The SMILES string of the molecule is c1ccc2c(c1)Cc1c-2ccc2c1Cc1c3c(cc4c1N2c1cccnc1C4)-c1ccccc1C3.c1ccc2c(c1)Cc1c-2ccc2c1Cc1c3c(cc4c1N2c1ccncc1C4)-c1ccccc1C3.c1ccc2c(c1)Cc1c-2ccc2c1Cc1c3c(cc4c1N2c1cnccc1C4)-c1ccccc1C3.c1ccc2c(c1)Cc1c-2ccc2c1Cc1c3c(cc4c1N2c1ncccc1C4)-c1ccccc1C3. The molecule has 4 aromatic heterocycles. The maximum Gasteiger partial charge on any atom is 0.141 e. The van der Waals surface area contributed by atoms with Gasteiger partial charge in [-0.3, -0.25) is 19.9 Å². The fraction of sp³-hybridized carbons (Fsp3) is 0.121. The van der Waals surface area contributed by atoms with E-state index in [-0.39, 0.29) is 0 Å². The van der Waals surface area contributed by atoms with E-state index in [0.29, 0.717) is 0 Å². The predicted octanol–water partition coefficient (Wildman–Crippen LogP) is 30.0. The molecule has 0 saturated heterocycles. The van der Waals surface area contributed by atoms with Gasteiger partial charge in [0, 0.05) is 82.4 Å². The summed E-state index contributed by atoms with van der Waals surface area (Å²) in [5.74, 6) is 1.10. The van der Waals surface area contributed by atoms with E-state index < -0.39 is 0 Å². The molecule has 656 valence electrons. The summed E-state index contributed by atoms with van der Waals surface area (Å²) in [4.78, 5) is 29.0. The van der Waals surface area contributed by atoms with E-state index >= 15 is 0 Å². The van der Waals surface area contributed by atoms with E-state index in [0.717, 1.165) is 109 Å². The number of nitrogens with zero attached hydrogens (tertiary/aromatic N) is 8. The summed E-state index contributed by atoms with van der Waals surface area (Å²) >= 11 is 0. The molecule has 0 amide bonds. The Morgan fingerprint density at radius 2 is 0.443 bits per heavy atom. The van der Waals surface area contributed by atoms with Gasteiger partial charge in [-0.2, -0.15) is 0 Å². The van der Waals surface area contributed by atoms with Gasteiger partial charge in [0.25, 0.3) is 0 Å². The quantitative estimate of drug-likeness (QED) is 0.149. The second-order valence-electron chi connectivity index (χ2n) is 41.3. The minimum atomic E-state index is 0.899. The van der Waals surface area contributed by atoms with Crippen molar-refractivity contribution >= 4 is 68.4 Å². The molecule has 0 atom stereocenters. The normalized spacial score (nSPS) is 14.9. The smallest absolute Gasteiger partial charge is 0.141 e. The van der Waals surface area contributed by atoms with Crippen molar-refractivity contribution in [1.29, 1.82) is 0 Å². The molecule has 0 spiro atoms. The van der Waals surface area contributed by atoms with E-state index in [9.17, 15) is 0 Å². The summed E-state index contributed by atoms with van der Waals surface area (Å²) < 4.78 is 0. The van der Waals surface area contributed by atoms with Crippen molar-refractivity contribution in [3.63, 3.8) is 0 Å². The van der Waals surface area contributed by atoms with E-state index in [4.69, 9.17) is 9.97 Å². The van der Waals surface area contributed by atoms with Gasteiger partial charge in [0.2, 0.25) is 0 Å². The molecule has 140 heavy (non-hydrogen) atoms. The lowest BCUT2D eigenvalue weighted by Crippen LogP contribution is -2.27. The molecule has 8 nitrogen and oxygen atoms in total. The van der Waals surface area contributed by atoms with Crippen LogP contribution in [0.25, 0.3) is 89.0 Å². The molecule has 8 aliphatic heterocycles. The van der Waals surface area contributed by atoms with Crippen LogP contribution in [0.4, 0.5) is 68.4 Å². The molecule has 20 aromatic rings. The van der Waals surface area contributed by atoms with Gasteiger partial charge >= 0.3 is 0 Å². The van der Waals surface area contributed by atoms with Gasteiger partial charge in [-0.1, -0.05) is 224 Å². The Labute approximate surface area is 812 Å². The molecule has 0 fully saturated rings. The fourth-order valence-corrected chi connectivity index (χ4v) is 28.7. The zero-order valence-electron chi connectivity index (χ0n) is 77.2. The highest BCUT2D eigenvalue weighted by Crippen LogP contribution is 2.64. The number of hydrogen-bond acceptors (Lipinski definition) is 8. The number of pyridine rings is 4.